The second-order valence-corrected chi connectivity index (χ2v) is 6.60. The number of carbonyl (C=O) groups is 1. The van der Waals surface area contributed by atoms with Crippen LogP contribution in [0.15, 0.2) is 47.1 Å². The van der Waals surface area contributed by atoms with Crippen molar-refractivity contribution in [2.24, 2.45) is 10.9 Å². The van der Waals surface area contributed by atoms with Crippen LogP contribution in [-0.2, 0) is 11.2 Å². The fourth-order valence-corrected chi connectivity index (χ4v) is 2.88. The van der Waals surface area contributed by atoms with Crippen molar-refractivity contribution in [1.82, 2.24) is 0 Å². The van der Waals surface area contributed by atoms with Gasteiger partial charge in [-0.05, 0) is 60.8 Å². The molecule has 24 heavy (non-hydrogen) atoms. The van der Waals surface area contributed by atoms with Gasteiger partial charge in [0.1, 0.15) is 5.71 Å². The fraction of sp³-hybridized carbons (Fsp3) is 0.455. The maximum Gasteiger partial charge on any atom is 0.178 e. The van der Waals surface area contributed by atoms with Gasteiger partial charge in [-0.25, -0.2) is 4.99 Å². The van der Waals surface area contributed by atoms with Gasteiger partial charge >= 0.3 is 0 Å². The van der Waals surface area contributed by atoms with Crippen LogP contribution >= 0.6 is 0 Å². The lowest BCUT2D eigenvalue weighted by Crippen LogP contribution is -2.09. The second-order valence-electron chi connectivity index (χ2n) is 6.60. The molecule has 128 valence electrons. The minimum absolute atomic E-state index is 0.0359. The SMILES string of the molecule is CCc1ccc(/C2=C/C(C(C)=O)=N/C(C(C)CC)=C\CCC2)cc1. The van der Waals surface area contributed by atoms with Gasteiger partial charge < -0.3 is 0 Å². The number of nitrogens with zero attached hydrogens (tertiary/aromatic N) is 1. The van der Waals surface area contributed by atoms with Crippen LogP contribution in [0.1, 0.15) is 64.5 Å². The molecule has 1 aliphatic heterocycles. The summed E-state index contributed by atoms with van der Waals surface area (Å²) in [6, 6.07) is 8.69. The van der Waals surface area contributed by atoms with E-state index in [9.17, 15) is 4.79 Å². The summed E-state index contributed by atoms with van der Waals surface area (Å²) in [7, 11) is 0. The zero-order valence-corrected chi connectivity index (χ0v) is 15.4. The van der Waals surface area contributed by atoms with Crippen LogP contribution in [0.2, 0.25) is 0 Å². The minimum Gasteiger partial charge on any atom is -0.293 e. The van der Waals surface area contributed by atoms with Crippen molar-refractivity contribution in [1.29, 1.82) is 0 Å². The summed E-state index contributed by atoms with van der Waals surface area (Å²) in [4.78, 5) is 16.8. The van der Waals surface area contributed by atoms with E-state index < -0.39 is 0 Å². The van der Waals surface area contributed by atoms with E-state index >= 15 is 0 Å². The van der Waals surface area contributed by atoms with Crippen molar-refractivity contribution in [2.75, 3.05) is 0 Å². The molecule has 0 amide bonds. The van der Waals surface area contributed by atoms with E-state index in [0.717, 1.165) is 37.8 Å². The first-order chi connectivity index (χ1) is 11.5. The Morgan fingerprint density at radius 1 is 1.21 bits per heavy atom. The molecule has 0 aromatic heterocycles. The van der Waals surface area contributed by atoms with Gasteiger partial charge in [0.05, 0.1) is 0 Å². The van der Waals surface area contributed by atoms with Crippen molar-refractivity contribution in [3.05, 3.63) is 53.2 Å². The number of hydrogen-bond donors (Lipinski definition) is 0. The van der Waals surface area contributed by atoms with Gasteiger partial charge in [0.25, 0.3) is 0 Å². The summed E-state index contributed by atoms with van der Waals surface area (Å²) in [5.74, 6) is 0.423. The van der Waals surface area contributed by atoms with Gasteiger partial charge in [-0.15, -0.1) is 0 Å². The fourth-order valence-electron chi connectivity index (χ4n) is 2.88. The maximum atomic E-state index is 12.1. The van der Waals surface area contributed by atoms with Gasteiger partial charge in [0, 0.05) is 12.6 Å². The molecule has 1 heterocycles. The molecule has 2 rings (SSSR count). The first-order valence-corrected chi connectivity index (χ1v) is 9.14. The Morgan fingerprint density at radius 2 is 1.92 bits per heavy atom. The number of hydrogen-bond acceptors (Lipinski definition) is 2. The molecule has 2 nitrogen and oxygen atoms in total. The first-order valence-electron chi connectivity index (χ1n) is 9.14. The van der Waals surface area contributed by atoms with Crippen molar-refractivity contribution in [3.63, 3.8) is 0 Å². The highest BCUT2D eigenvalue weighted by Gasteiger charge is 2.13. The summed E-state index contributed by atoms with van der Waals surface area (Å²) >= 11 is 0. The molecule has 1 atom stereocenters. The number of ketones is 1. The Bertz CT molecular complexity index is 662. The predicted octanol–water partition coefficient (Wildman–Crippen LogP) is 5.78. The van der Waals surface area contributed by atoms with E-state index in [1.54, 1.807) is 6.92 Å². The molecule has 0 aliphatic carbocycles. The Balaban J connectivity index is 2.43. The van der Waals surface area contributed by atoms with Crippen molar-refractivity contribution in [3.8, 4) is 0 Å². The van der Waals surface area contributed by atoms with Gasteiger partial charge in [0.15, 0.2) is 5.78 Å². The van der Waals surface area contributed by atoms with E-state index in [1.165, 1.54) is 16.7 Å². The molecule has 0 saturated heterocycles. The summed E-state index contributed by atoms with van der Waals surface area (Å²) in [6.45, 7) is 8.12. The Labute approximate surface area is 146 Å². The monoisotopic (exact) mass is 323 g/mol. The lowest BCUT2D eigenvalue weighted by Gasteiger charge is -2.10. The molecule has 0 spiro atoms. The van der Waals surface area contributed by atoms with E-state index in [0.29, 0.717) is 11.6 Å². The molecule has 2 heteroatoms. The molecule has 0 N–H and O–H groups in total. The van der Waals surface area contributed by atoms with E-state index in [1.807, 2.05) is 6.08 Å². The largest absolute Gasteiger partial charge is 0.293 e. The number of aryl methyl sites for hydroxylation is 1. The molecule has 1 aromatic carbocycles. The van der Waals surface area contributed by atoms with Crippen LogP contribution < -0.4 is 0 Å². The molecular formula is C22H29NO. The zero-order chi connectivity index (χ0) is 17.5. The van der Waals surface area contributed by atoms with Crippen LogP contribution in [0.4, 0.5) is 0 Å². The third-order valence-corrected chi connectivity index (χ3v) is 4.78. The van der Waals surface area contributed by atoms with Gasteiger partial charge in [-0.3, -0.25) is 4.79 Å². The summed E-state index contributed by atoms with van der Waals surface area (Å²) in [5.41, 5.74) is 5.39. The van der Waals surface area contributed by atoms with Crippen LogP contribution in [0, 0.1) is 5.92 Å². The number of Topliss-reactive ketones (excluding diaryl/α,β-unsaturated/α-hetero) is 1. The number of benzene rings is 1. The number of rotatable bonds is 5. The average Bonchev–Trinajstić information content (AvgIpc) is 2.71. The topological polar surface area (TPSA) is 29.4 Å². The van der Waals surface area contributed by atoms with Crippen LogP contribution in [0.5, 0.6) is 0 Å². The quantitative estimate of drug-likeness (QED) is 0.675. The third kappa shape index (κ3) is 4.77. The smallest absolute Gasteiger partial charge is 0.178 e. The summed E-state index contributed by atoms with van der Waals surface area (Å²) in [6.07, 6.45) is 9.37. The molecular weight excluding hydrogens is 294 g/mol. The summed E-state index contributed by atoms with van der Waals surface area (Å²) < 4.78 is 0. The van der Waals surface area contributed by atoms with E-state index in [-0.39, 0.29) is 5.78 Å². The number of carbonyl (C=O) groups excluding carboxylic acids is 1. The van der Waals surface area contributed by atoms with Crippen LogP contribution in [0.25, 0.3) is 5.57 Å². The molecule has 0 bridgehead atoms. The molecule has 0 fully saturated rings. The first kappa shape index (κ1) is 18.4. The molecule has 1 aromatic rings. The highest BCUT2D eigenvalue weighted by Crippen LogP contribution is 2.26. The van der Waals surface area contributed by atoms with Crippen LogP contribution in [-0.4, -0.2) is 11.5 Å². The Hall–Kier alpha value is -1.96. The third-order valence-electron chi connectivity index (χ3n) is 4.78. The zero-order valence-electron chi connectivity index (χ0n) is 15.4. The summed E-state index contributed by atoms with van der Waals surface area (Å²) in [5, 5.41) is 0. The van der Waals surface area contributed by atoms with Crippen molar-refractivity contribution in [2.45, 2.75) is 59.8 Å². The lowest BCUT2D eigenvalue weighted by molar-refractivity contribution is -0.111. The molecule has 1 aliphatic rings. The highest BCUT2D eigenvalue weighted by molar-refractivity contribution is 6.44. The minimum atomic E-state index is 0.0359. The van der Waals surface area contributed by atoms with Crippen molar-refractivity contribution >= 4 is 17.1 Å². The lowest BCUT2D eigenvalue weighted by atomic mass is 9.97. The van der Waals surface area contributed by atoms with Crippen molar-refractivity contribution < 1.29 is 4.79 Å². The standard InChI is InChI=1S/C22H29NO/c1-5-16(3)21-10-8-7-9-20(15-22(23-21)17(4)24)19-13-11-18(6-2)12-14-19/h10-16H,5-9H2,1-4H3/b20-15+,21-10-,23-22-. The highest BCUT2D eigenvalue weighted by atomic mass is 16.1. The predicted molar refractivity (Wildman–Crippen MR) is 103 cm³/mol. The van der Waals surface area contributed by atoms with Gasteiger partial charge in [-0.1, -0.05) is 51.1 Å². The maximum absolute atomic E-state index is 12.1. The van der Waals surface area contributed by atoms with E-state index in [2.05, 4.69) is 51.1 Å². The molecule has 1 unspecified atom stereocenters. The van der Waals surface area contributed by atoms with Gasteiger partial charge in [-0.2, -0.15) is 0 Å². The molecule has 0 radical (unpaired) electrons. The number of aliphatic imine (C=N–C) groups is 1. The van der Waals surface area contributed by atoms with Crippen LogP contribution in [0.3, 0.4) is 0 Å². The van der Waals surface area contributed by atoms with Gasteiger partial charge in [0.2, 0.25) is 0 Å². The number of allylic oxidation sites excluding steroid dienone is 4. The van der Waals surface area contributed by atoms with E-state index in [4.69, 9.17) is 4.99 Å². The Morgan fingerprint density at radius 3 is 2.50 bits per heavy atom. The second kappa shape index (κ2) is 8.77. The normalized spacial score (nSPS) is 23.4. The Kier molecular flexibility index (Phi) is 6.72. The molecule has 0 saturated carbocycles. The average molecular weight is 323 g/mol.